The number of rotatable bonds is 5. The van der Waals surface area contributed by atoms with Crippen LogP contribution >= 0.6 is 23.2 Å². The van der Waals surface area contributed by atoms with Crippen molar-refractivity contribution in [3.05, 3.63) is 92.5 Å². The third-order valence-electron chi connectivity index (χ3n) is 5.08. The minimum absolute atomic E-state index is 0.0483. The molecule has 174 valence electrons. The zero-order chi connectivity index (χ0) is 24.7. The maximum Gasteiger partial charge on any atom is 0.270 e. The molecule has 0 fully saturated rings. The maximum atomic E-state index is 13.0. The Morgan fingerprint density at radius 2 is 1.91 bits per heavy atom. The predicted octanol–water partition coefficient (Wildman–Crippen LogP) is 4.78. The number of aromatic nitrogens is 6. The van der Waals surface area contributed by atoms with Gasteiger partial charge < -0.3 is 5.32 Å². The van der Waals surface area contributed by atoms with Gasteiger partial charge in [-0.1, -0.05) is 29.3 Å². The van der Waals surface area contributed by atoms with E-state index in [4.69, 9.17) is 23.2 Å². The van der Waals surface area contributed by atoms with Gasteiger partial charge in [0, 0.05) is 23.2 Å². The van der Waals surface area contributed by atoms with Gasteiger partial charge in [0.05, 0.1) is 38.5 Å². The van der Waals surface area contributed by atoms with Crippen LogP contribution in [0.15, 0.2) is 61.1 Å². The molecule has 5 rings (SSSR count). The van der Waals surface area contributed by atoms with E-state index in [1.54, 1.807) is 42.1 Å². The van der Waals surface area contributed by atoms with E-state index in [0.29, 0.717) is 33.3 Å². The molecule has 0 spiro atoms. The molecule has 0 atom stereocenters. The molecule has 13 heteroatoms. The summed E-state index contributed by atoms with van der Waals surface area (Å²) in [6.07, 6.45) is 2.95. The van der Waals surface area contributed by atoms with Crippen molar-refractivity contribution in [2.75, 3.05) is 5.32 Å². The summed E-state index contributed by atoms with van der Waals surface area (Å²) < 4.78 is 3.05. The second-order valence-electron chi connectivity index (χ2n) is 7.43. The first-order chi connectivity index (χ1) is 16.8. The van der Waals surface area contributed by atoms with Crippen molar-refractivity contribution in [3.63, 3.8) is 0 Å². The smallest absolute Gasteiger partial charge is 0.270 e. The van der Waals surface area contributed by atoms with Crippen LogP contribution in [0.25, 0.3) is 22.5 Å². The van der Waals surface area contributed by atoms with Crippen molar-refractivity contribution in [2.45, 2.75) is 6.92 Å². The number of halogens is 2. The number of hydrogen-bond donors (Lipinski definition) is 1. The van der Waals surface area contributed by atoms with Crippen LogP contribution in [-0.4, -0.2) is 40.4 Å². The van der Waals surface area contributed by atoms with Crippen LogP contribution in [0.4, 0.5) is 11.5 Å². The molecule has 0 aliphatic heterocycles. The molecule has 0 unspecified atom stereocenters. The molecule has 5 aromatic rings. The summed E-state index contributed by atoms with van der Waals surface area (Å²) in [5.41, 5.74) is 1.51. The lowest BCUT2D eigenvalue weighted by Crippen LogP contribution is -2.16. The number of nitrogens with one attached hydrogen (secondary N) is 1. The van der Waals surface area contributed by atoms with E-state index in [1.807, 2.05) is 6.07 Å². The standard InChI is InChI=1S/C22H14Cl2N8O3/c1-12-7-19(28-22(33)16-9-15(32(34)35)5-6-18(16)24)31(29-12)21-17-10-27-30(20(17)25-11-26-21)14-4-2-3-13(23)8-14/h2-11H,1H3,(H,28,33). The first-order valence-electron chi connectivity index (χ1n) is 10.1. The minimum Gasteiger partial charge on any atom is -0.306 e. The van der Waals surface area contributed by atoms with Crippen molar-refractivity contribution in [3.8, 4) is 11.5 Å². The number of carbonyl (C=O) groups excluding carboxylic acids is 1. The average molecular weight is 509 g/mol. The Kier molecular flexibility index (Phi) is 5.63. The third-order valence-corrected chi connectivity index (χ3v) is 5.64. The summed E-state index contributed by atoms with van der Waals surface area (Å²) in [5, 5.41) is 23.9. The van der Waals surface area contributed by atoms with Crippen molar-refractivity contribution in [1.82, 2.24) is 29.5 Å². The summed E-state index contributed by atoms with van der Waals surface area (Å²) in [5.74, 6) is 0.0159. The Morgan fingerprint density at radius 1 is 1.09 bits per heavy atom. The van der Waals surface area contributed by atoms with Crippen LogP contribution in [-0.2, 0) is 0 Å². The monoisotopic (exact) mass is 508 g/mol. The van der Waals surface area contributed by atoms with Gasteiger partial charge in [0.2, 0.25) is 0 Å². The van der Waals surface area contributed by atoms with E-state index in [0.717, 1.165) is 6.07 Å². The number of nitro groups is 1. The molecule has 35 heavy (non-hydrogen) atoms. The fourth-order valence-corrected chi connectivity index (χ4v) is 3.92. The fourth-order valence-electron chi connectivity index (χ4n) is 3.53. The van der Waals surface area contributed by atoms with Crippen molar-refractivity contribution in [2.24, 2.45) is 0 Å². The fraction of sp³-hybridized carbons (Fsp3) is 0.0455. The lowest BCUT2D eigenvalue weighted by molar-refractivity contribution is -0.384. The van der Waals surface area contributed by atoms with Crippen molar-refractivity contribution in [1.29, 1.82) is 0 Å². The van der Waals surface area contributed by atoms with E-state index in [1.165, 1.54) is 23.1 Å². The van der Waals surface area contributed by atoms with Crippen LogP contribution in [0.1, 0.15) is 16.1 Å². The van der Waals surface area contributed by atoms with Crippen LogP contribution in [0.3, 0.4) is 0 Å². The van der Waals surface area contributed by atoms with Gasteiger partial charge in [-0.3, -0.25) is 14.9 Å². The largest absolute Gasteiger partial charge is 0.306 e. The zero-order valence-corrected chi connectivity index (χ0v) is 19.4. The molecule has 2 aromatic carbocycles. The van der Waals surface area contributed by atoms with Gasteiger partial charge in [-0.2, -0.15) is 14.9 Å². The summed E-state index contributed by atoms with van der Waals surface area (Å²) >= 11 is 12.3. The van der Waals surface area contributed by atoms with Crippen LogP contribution in [0.5, 0.6) is 0 Å². The highest BCUT2D eigenvalue weighted by Gasteiger charge is 2.20. The molecule has 1 N–H and O–H groups in total. The number of nitro benzene ring substituents is 1. The van der Waals surface area contributed by atoms with E-state index < -0.39 is 10.8 Å². The van der Waals surface area contributed by atoms with E-state index in [2.05, 4.69) is 25.5 Å². The summed E-state index contributed by atoms with van der Waals surface area (Å²) in [7, 11) is 0. The number of non-ortho nitro benzene ring substituents is 1. The van der Waals surface area contributed by atoms with Crippen molar-refractivity contribution >= 4 is 51.6 Å². The van der Waals surface area contributed by atoms with E-state index >= 15 is 0 Å². The Morgan fingerprint density at radius 3 is 2.69 bits per heavy atom. The number of benzene rings is 2. The number of fused-ring (bicyclic) bond motifs is 1. The molecule has 3 heterocycles. The molecular formula is C22H14Cl2N8O3. The molecule has 0 bridgehead atoms. The van der Waals surface area contributed by atoms with Crippen molar-refractivity contribution < 1.29 is 9.72 Å². The number of amides is 1. The minimum atomic E-state index is -0.639. The highest BCUT2D eigenvalue weighted by atomic mass is 35.5. The van der Waals surface area contributed by atoms with Crippen LogP contribution < -0.4 is 5.32 Å². The normalized spacial score (nSPS) is 11.1. The Balaban J connectivity index is 1.56. The second-order valence-corrected chi connectivity index (χ2v) is 8.27. The lowest BCUT2D eigenvalue weighted by Gasteiger charge is -2.10. The van der Waals surface area contributed by atoms with Gasteiger partial charge in [0.25, 0.3) is 11.6 Å². The Hall–Kier alpha value is -4.35. The van der Waals surface area contributed by atoms with Gasteiger partial charge >= 0.3 is 0 Å². The predicted molar refractivity (Wildman–Crippen MR) is 130 cm³/mol. The summed E-state index contributed by atoms with van der Waals surface area (Å²) in [6.45, 7) is 1.75. The molecule has 3 aromatic heterocycles. The number of carbonyl (C=O) groups is 1. The summed E-state index contributed by atoms with van der Waals surface area (Å²) in [4.78, 5) is 32.2. The molecule has 0 aliphatic carbocycles. The van der Waals surface area contributed by atoms with Gasteiger partial charge in [0.1, 0.15) is 12.1 Å². The van der Waals surface area contributed by atoms with Gasteiger partial charge in [-0.25, -0.2) is 14.6 Å². The van der Waals surface area contributed by atoms with E-state index in [9.17, 15) is 14.9 Å². The summed E-state index contributed by atoms with van der Waals surface area (Å²) in [6, 6.07) is 12.4. The molecule has 11 nitrogen and oxygen atoms in total. The van der Waals surface area contributed by atoms with Gasteiger partial charge in [-0.05, 0) is 31.2 Å². The topological polar surface area (TPSA) is 134 Å². The Labute approximate surface area is 207 Å². The molecule has 0 aliphatic rings. The quantitative estimate of drug-likeness (QED) is 0.266. The SMILES string of the molecule is Cc1cc(NC(=O)c2cc([N+](=O)[O-])ccc2Cl)n(-c2ncnc3c2cnn3-c2cccc(Cl)c2)n1. The number of anilines is 1. The van der Waals surface area contributed by atoms with E-state index in [-0.39, 0.29) is 22.1 Å². The average Bonchev–Trinajstić information content (AvgIpc) is 3.42. The number of aryl methyl sites for hydroxylation is 1. The second kappa shape index (κ2) is 8.78. The highest BCUT2D eigenvalue weighted by Crippen LogP contribution is 2.27. The molecule has 0 radical (unpaired) electrons. The Bertz CT molecular complexity index is 1630. The number of nitrogens with zero attached hydrogens (tertiary/aromatic N) is 7. The number of hydrogen-bond acceptors (Lipinski definition) is 7. The first-order valence-corrected chi connectivity index (χ1v) is 10.8. The molecule has 1 amide bonds. The third kappa shape index (κ3) is 4.18. The highest BCUT2D eigenvalue weighted by molar-refractivity contribution is 6.34. The first kappa shape index (κ1) is 22.4. The van der Waals surface area contributed by atoms with Crippen LogP contribution in [0, 0.1) is 17.0 Å². The molecular weight excluding hydrogens is 495 g/mol. The maximum absolute atomic E-state index is 13.0. The molecule has 0 saturated carbocycles. The van der Waals surface area contributed by atoms with Gasteiger partial charge in [0.15, 0.2) is 11.5 Å². The lowest BCUT2D eigenvalue weighted by atomic mass is 10.2. The van der Waals surface area contributed by atoms with Crippen LogP contribution in [0.2, 0.25) is 10.0 Å². The van der Waals surface area contributed by atoms with Gasteiger partial charge in [-0.15, -0.1) is 0 Å². The molecule has 0 saturated heterocycles. The zero-order valence-electron chi connectivity index (χ0n) is 17.9.